The number of carbonyl (C=O) groups is 1. The van der Waals surface area contributed by atoms with Crippen molar-refractivity contribution in [2.24, 2.45) is 0 Å². The van der Waals surface area contributed by atoms with Crippen LogP contribution in [0, 0.1) is 0 Å². The first-order chi connectivity index (χ1) is 8.25. The molecule has 0 unspecified atom stereocenters. The number of benzene rings is 1. The number of carboxylic acids is 1. The first-order valence-corrected chi connectivity index (χ1v) is 5.22. The molecule has 0 bridgehead atoms. The Morgan fingerprint density at radius 2 is 2.12 bits per heavy atom. The molecule has 0 atom stereocenters. The van der Waals surface area contributed by atoms with Crippen molar-refractivity contribution in [3.8, 4) is 11.3 Å². The van der Waals surface area contributed by atoms with E-state index in [0.717, 1.165) is 16.5 Å². The fourth-order valence-corrected chi connectivity index (χ4v) is 1.99. The van der Waals surface area contributed by atoms with Gasteiger partial charge >= 0.3 is 5.97 Å². The minimum Gasteiger partial charge on any atom is -0.481 e. The lowest BCUT2D eigenvalue weighted by molar-refractivity contribution is -0.136. The third kappa shape index (κ3) is 1.54. The molecule has 1 N–H and O–H groups in total. The van der Waals surface area contributed by atoms with Crippen LogP contribution in [0.4, 0.5) is 0 Å². The third-order valence-electron chi connectivity index (χ3n) is 2.70. The molecule has 0 amide bonds. The van der Waals surface area contributed by atoms with Gasteiger partial charge in [-0.15, -0.1) is 0 Å². The van der Waals surface area contributed by atoms with Gasteiger partial charge in [0, 0.05) is 10.9 Å². The number of nitrogens with zero attached hydrogens (tertiary/aromatic N) is 1. The highest BCUT2D eigenvalue weighted by atomic mass is 16.4. The van der Waals surface area contributed by atoms with Crippen LogP contribution in [-0.4, -0.2) is 16.1 Å². The quantitative estimate of drug-likeness (QED) is 0.730. The summed E-state index contributed by atoms with van der Waals surface area (Å²) in [6.07, 6.45) is 1.36. The zero-order valence-corrected chi connectivity index (χ0v) is 8.88. The van der Waals surface area contributed by atoms with Crippen molar-refractivity contribution in [1.82, 2.24) is 4.98 Å². The molecule has 17 heavy (non-hydrogen) atoms. The second-order valence-electron chi connectivity index (χ2n) is 3.81. The molecule has 2 aliphatic rings. The summed E-state index contributed by atoms with van der Waals surface area (Å²) in [6, 6.07) is 9.53. The first-order valence-electron chi connectivity index (χ1n) is 5.22. The molecule has 3 rings (SSSR count). The molecule has 2 heterocycles. The largest absolute Gasteiger partial charge is 0.481 e. The molecule has 84 valence electrons. The van der Waals surface area contributed by atoms with Crippen LogP contribution >= 0.6 is 0 Å². The van der Waals surface area contributed by atoms with Crippen LogP contribution in [0.1, 0.15) is 5.76 Å². The highest BCUT2D eigenvalue weighted by Gasteiger charge is 2.18. The van der Waals surface area contributed by atoms with Crippen molar-refractivity contribution < 1.29 is 14.3 Å². The molecule has 0 fully saturated rings. The van der Waals surface area contributed by atoms with Gasteiger partial charge in [0.2, 0.25) is 0 Å². The Morgan fingerprint density at radius 1 is 1.29 bits per heavy atom. The number of hydrogen-bond acceptors (Lipinski definition) is 3. The monoisotopic (exact) mass is 227 g/mol. The van der Waals surface area contributed by atoms with E-state index in [1.807, 2.05) is 30.3 Å². The molecule has 4 heteroatoms. The van der Waals surface area contributed by atoms with Crippen molar-refractivity contribution in [3.05, 3.63) is 42.4 Å². The predicted molar refractivity (Wildman–Crippen MR) is 62.0 cm³/mol. The molecule has 0 radical (unpaired) electrons. The van der Waals surface area contributed by atoms with Crippen LogP contribution in [0.5, 0.6) is 0 Å². The van der Waals surface area contributed by atoms with Crippen LogP contribution in [-0.2, 0) is 11.2 Å². The van der Waals surface area contributed by atoms with Gasteiger partial charge in [0.15, 0.2) is 0 Å². The number of rotatable bonds is 2. The molecular weight excluding hydrogens is 218 g/mol. The molecule has 0 saturated carbocycles. The SMILES string of the molecule is O=C(O)Cc1occc2c3ccccc3nc1-2. The van der Waals surface area contributed by atoms with E-state index in [-0.39, 0.29) is 6.42 Å². The maximum Gasteiger partial charge on any atom is 0.311 e. The van der Waals surface area contributed by atoms with Crippen LogP contribution < -0.4 is 0 Å². The van der Waals surface area contributed by atoms with Gasteiger partial charge in [-0.1, -0.05) is 18.2 Å². The summed E-state index contributed by atoms with van der Waals surface area (Å²) in [5.41, 5.74) is 2.43. The molecule has 0 aromatic heterocycles. The van der Waals surface area contributed by atoms with Crippen LogP contribution in [0.15, 0.2) is 41.0 Å². The summed E-state index contributed by atoms with van der Waals surface area (Å²) in [6.45, 7) is 0. The molecule has 2 aliphatic heterocycles. The van der Waals surface area contributed by atoms with E-state index in [9.17, 15) is 4.79 Å². The van der Waals surface area contributed by atoms with E-state index in [0.29, 0.717) is 11.5 Å². The average Bonchev–Trinajstić information content (AvgIpc) is 2.68. The van der Waals surface area contributed by atoms with E-state index < -0.39 is 5.97 Å². The van der Waals surface area contributed by atoms with E-state index >= 15 is 0 Å². The standard InChI is InChI=1S/C13H9NO3/c15-12(16)7-11-13-9(5-6-17-11)8-3-1-2-4-10(8)14-13/h1-6H,7H2,(H,15,16). The van der Waals surface area contributed by atoms with Gasteiger partial charge in [-0.05, 0) is 12.1 Å². The lowest BCUT2D eigenvalue weighted by Crippen LogP contribution is -2.01. The maximum atomic E-state index is 10.7. The number of aromatic nitrogens is 1. The minimum atomic E-state index is -0.923. The molecule has 0 saturated heterocycles. The highest BCUT2D eigenvalue weighted by molar-refractivity contribution is 5.98. The zero-order valence-electron chi connectivity index (χ0n) is 8.88. The van der Waals surface area contributed by atoms with Gasteiger partial charge in [0.1, 0.15) is 17.9 Å². The Bertz CT molecular complexity index is 672. The van der Waals surface area contributed by atoms with Gasteiger partial charge in [-0.25, -0.2) is 4.98 Å². The van der Waals surface area contributed by atoms with Crippen molar-refractivity contribution in [1.29, 1.82) is 0 Å². The van der Waals surface area contributed by atoms with Crippen LogP contribution in [0.3, 0.4) is 0 Å². The first kappa shape index (κ1) is 9.84. The highest BCUT2D eigenvalue weighted by Crippen LogP contribution is 2.33. The molecule has 0 spiro atoms. The Hall–Kier alpha value is -2.36. The van der Waals surface area contributed by atoms with E-state index in [1.165, 1.54) is 6.26 Å². The fourth-order valence-electron chi connectivity index (χ4n) is 1.99. The maximum absolute atomic E-state index is 10.7. The summed E-state index contributed by atoms with van der Waals surface area (Å²) in [5, 5.41) is 9.83. The normalized spacial score (nSPS) is 11.1. The molecule has 1 aromatic carbocycles. The zero-order chi connectivity index (χ0) is 11.8. The number of hydrogen-bond donors (Lipinski definition) is 1. The van der Waals surface area contributed by atoms with Gasteiger partial charge in [0.05, 0.1) is 11.8 Å². The third-order valence-corrected chi connectivity index (χ3v) is 2.70. The van der Waals surface area contributed by atoms with Gasteiger partial charge < -0.3 is 9.52 Å². The minimum absolute atomic E-state index is 0.152. The Balaban J connectivity index is 2.28. The Kier molecular flexibility index (Phi) is 2.08. The Labute approximate surface area is 96.8 Å². The van der Waals surface area contributed by atoms with E-state index in [2.05, 4.69) is 4.98 Å². The fraction of sp³-hybridized carbons (Fsp3) is 0.0769. The smallest absolute Gasteiger partial charge is 0.311 e. The number of aliphatic carboxylic acids is 1. The van der Waals surface area contributed by atoms with Crippen LogP contribution in [0.2, 0.25) is 0 Å². The summed E-state index contributed by atoms with van der Waals surface area (Å²) < 4.78 is 5.24. The summed E-state index contributed by atoms with van der Waals surface area (Å²) in [5.74, 6) is -0.528. The number of carboxylic acid groups (broad SMARTS) is 1. The second kappa shape index (κ2) is 3.59. The van der Waals surface area contributed by atoms with Gasteiger partial charge in [-0.2, -0.15) is 0 Å². The predicted octanol–water partition coefficient (Wildman–Crippen LogP) is 2.56. The summed E-state index contributed by atoms with van der Waals surface area (Å²) in [7, 11) is 0. The van der Waals surface area contributed by atoms with Crippen molar-refractivity contribution in [2.45, 2.75) is 6.42 Å². The van der Waals surface area contributed by atoms with Crippen molar-refractivity contribution in [3.63, 3.8) is 0 Å². The Morgan fingerprint density at radius 3 is 2.94 bits per heavy atom. The van der Waals surface area contributed by atoms with Crippen molar-refractivity contribution in [2.75, 3.05) is 0 Å². The molecule has 4 nitrogen and oxygen atoms in total. The van der Waals surface area contributed by atoms with E-state index in [4.69, 9.17) is 9.52 Å². The summed E-state index contributed by atoms with van der Waals surface area (Å²) >= 11 is 0. The van der Waals surface area contributed by atoms with Crippen molar-refractivity contribution >= 4 is 16.9 Å². The average molecular weight is 227 g/mol. The molecule has 1 aromatic rings. The lowest BCUT2D eigenvalue weighted by atomic mass is 10.1. The topological polar surface area (TPSA) is 63.3 Å². The number of fused-ring (bicyclic) bond motifs is 3. The molecule has 0 aliphatic carbocycles. The second-order valence-corrected chi connectivity index (χ2v) is 3.81. The summed E-state index contributed by atoms with van der Waals surface area (Å²) in [4.78, 5) is 15.2. The van der Waals surface area contributed by atoms with Crippen LogP contribution in [0.25, 0.3) is 22.2 Å². The van der Waals surface area contributed by atoms with E-state index in [1.54, 1.807) is 0 Å². The van der Waals surface area contributed by atoms with Gasteiger partial charge in [-0.3, -0.25) is 4.79 Å². The number of para-hydroxylation sites is 1. The van der Waals surface area contributed by atoms with Gasteiger partial charge in [0.25, 0.3) is 0 Å². The molecular formula is C13H9NO3. The lowest BCUT2D eigenvalue weighted by Gasteiger charge is -2.02.